The maximum atomic E-state index is 10.6. The first-order valence-corrected chi connectivity index (χ1v) is 15.8. The first-order chi connectivity index (χ1) is 6.52. The number of hydrogen-bond acceptors (Lipinski definition) is 5. The molecule has 0 atom stereocenters. The minimum atomic E-state index is -4.41. The first kappa shape index (κ1) is 19.3. The minimum absolute atomic E-state index is 0. The third-order valence-electron chi connectivity index (χ3n) is 1.68. The summed E-state index contributed by atoms with van der Waals surface area (Å²) < 4.78 is 37.0. The van der Waals surface area contributed by atoms with Crippen LogP contribution >= 0.6 is 0 Å². The van der Waals surface area contributed by atoms with Gasteiger partial charge in [-0.25, -0.2) is 0 Å². The van der Waals surface area contributed by atoms with Crippen molar-refractivity contribution in [1.82, 2.24) is 0 Å². The van der Waals surface area contributed by atoms with E-state index in [0.29, 0.717) is 9.00 Å². The quantitative estimate of drug-likeness (QED) is 0.323. The van der Waals surface area contributed by atoms with E-state index in [1.165, 1.54) is 6.92 Å². The number of rotatable bonds is 4. The second-order valence-electron chi connectivity index (χ2n) is 4.17. The Kier molecular flexibility index (Phi) is 8.88. The molecule has 0 bridgehead atoms. The van der Waals surface area contributed by atoms with Gasteiger partial charge in [0.2, 0.25) is 0 Å². The average Bonchev–Trinajstić information content (AvgIpc) is 1.93. The van der Waals surface area contributed by atoms with Gasteiger partial charge in [-0.15, -0.1) is 0 Å². The van der Waals surface area contributed by atoms with Gasteiger partial charge in [0.25, 0.3) is 0 Å². The summed E-state index contributed by atoms with van der Waals surface area (Å²) in [6.07, 6.45) is 0. The van der Waals surface area contributed by atoms with Gasteiger partial charge < -0.3 is 0 Å². The zero-order valence-electron chi connectivity index (χ0n) is 10.2. The van der Waals surface area contributed by atoms with Crippen molar-refractivity contribution in [3.05, 3.63) is 9.00 Å². The molecular weight excluding hydrogens is 350 g/mol. The monoisotopic (exact) mass is 366 g/mol. The minimum Gasteiger partial charge on any atom is 1.00 e. The summed E-state index contributed by atoms with van der Waals surface area (Å²) in [7, 11) is -4.41. The van der Waals surface area contributed by atoms with E-state index >= 15 is 0 Å². The summed E-state index contributed by atoms with van der Waals surface area (Å²) in [5, 5.41) is 0.700. The Morgan fingerprint density at radius 1 is 1.38 bits per heavy atom. The topological polar surface area (TPSA) is 83.5 Å². The van der Waals surface area contributed by atoms with Crippen molar-refractivity contribution in [2.45, 2.75) is 21.7 Å². The zero-order valence-corrected chi connectivity index (χ0v) is 15.9. The Morgan fingerprint density at radius 2 is 1.81 bits per heavy atom. The first-order valence-electron chi connectivity index (χ1n) is 4.32. The van der Waals surface area contributed by atoms with E-state index in [-0.39, 0.29) is 36.2 Å². The van der Waals surface area contributed by atoms with Gasteiger partial charge in [-0.05, 0) is 0 Å². The number of ether oxygens (including phenoxy) is 1. The van der Waals surface area contributed by atoms with Crippen molar-refractivity contribution in [2.75, 3.05) is 6.61 Å². The van der Waals surface area contributed by atoms with Gasteiger partial charge >= 0.3 is 124 Å². The summed E-state index contributed by atoms with van der Waals surface area (Å²) in [6, 6.07) is 0. The Hall–Kier alpha value is 0.919. The molecule has 0 rings (SSSR count). The summed E-state index contributed by atoms with van der Waals surface area (Å²) >= 11 is -2.69. The van der Waals surface area contributed by atoms with Gasteiger partial charge in [0.05, 0.1) is 0 Å². The van der Waals surface area contributed by atoms with Crippen molar-refractivity contribution in [3.8, 4) is 0 Å². The molecule has 0 N–H and O–H groups in total. The number of carbonyl (C=O) groups excluding carboxylic acids is 1. The molecule has 0 aromatic carbocycles. The van der Waals surface area contributed by atoms with Gasteiger partial charge in [0.15, 0.2) is 0 Å². The van der Waals surface area contributed by atoms with Crippen molar-refractivity contribution in [1.29, 1.82) is 0 Å². The molecular formula is C8H15NaO5SSn. The molecule has 0 aromatic rings. The van der Waals surface area contributed by atoms with Crippen LogP contribution in [0.5, 0.6) is 0 Å². The molecule has 0 spiro atoms. The molecule has 0 saturated heterocycles. The second kappa shape index (κ2) is 7.37. The van der Waals surface area contributed by atoms with Crippen LogP contribution in [-0.4, -0.2) is 43.9 Å². The zero-order chi connectivity index (χ0) is 12.3. The summed E-state index contributed by atoms with van der Waals surface area (Å²) in [6.45, 7) is 1.15. The fraction of sp³-hybridized carbons (Fsp3) is 0.625. The Bertz CT molecular complexity index is 368. The molecule has 0 aliphatic heterocycles. The number of carbonyl (C=O) groups is 1. The van der Waals surface area contributed by atoms with Crippen molar-refractivity contribution in [3.63, 3.8) is 0 Å². The molecule has 0 fully saturated rings. The number of esters is 1. The molecule has 0 aliphatic carbocycles. The van der Waals surface area contributed by atoms with Crippen LogP contribution in [0.25, 0.3) is 0 Å². The van der Waals surface area contributed by atoms with E-state index in [1.807, 2.05) is 14.8 Å². The predicted octanol–water partition coefficient (Wildman–Crippen LogP) is -2.14. The molecule has 0 radical (unpaired) electrons. The van der Waals surface area contributed by atoms with Crippen LogP contribution in [0.3, 0.4) is 0 Å². The Labute approximate surface area is 123 Å². The van der Waals surface area contributed by atoms with Crippen LogP contribution in [0.4, 0.5) is 0 Å². The fourth-order valence-electron chi connectivity index (χ4n) is 0.781. The normalized spacial score (nSPS) is 12.9. The van der Waals surface area contributed by atoms with Crippen LogP contribution in [-0.2, 0) is 19.6 Å². The molecule has 0 saturated carbocycles. The van der Waals surface area contributed by atoms with Gasteiger partial charge in [0, 0.05) is 0 Å². The molecule has 0 heterocycles. The van der Waals surface area contributed by atoms with Gasteiger partial charge in [-0.2, -0.15) is 0 Å². The van der Waals surface area contributed by atoms with E-state index in [9.17, 15) is 17.8 Å². The van der Waals surface area contributed by atoms with Crippen LogP contribution in [0.15, 0.2) is 9.00 Å². The van der Waals surface area contributed by atoms with Crippen LogP contribution in [0, 0.1) is 0 Å². The van der Waals surface area contributed by atoms with Crippen LogP contribution < -0.4 is 29.6 Å². The predicted molar refractivity (Wildman–Crippen MR) is 57.8 cm³/mol. The van der Waals surface area contributed by atoms with Crippen LogP contribution in [0.1, 0.15) is 6.92 Å². The van der Waals surface area contributed by atoms with E-state index in [1.54, 1.807) is 0 Å². The third-order valence-corrected chi connectivity index (χ3v) is 9.17. The van der Waals surface area contributed by atoms with Gasteiger partial charge in [-0.3, -0.25) is 0 Å². The summed E-state index contributed by atoms with van der Waals surface area (Å²) in [5.41, 5.74) is 0. The maximum absolute atomic E-state index is 10.6. The Morgan fingerprint density at radius 3 is 2.06 bits per heavy atom. The molecule has 0 amide bonds. The largest absolute Gasteiger partial charge is 1.00 e. The fourth-order valence-corrected chi connectivity index (χ4v) is 7.26. The summed E-state index contributed by atoms with van der Waals surface area (Å²) in [4.78, 5) is 16.4. The van der Waals surface area contributed by atoms with Crippen molar-refractivity contribution < 1.29 is 52.1 Å². The average molecular weight is 365 g/mol. The summed E-state index contributed by atoms with van der Waals surface area (Å²) in [5.74, 6) is -0.486. The SMILES string of the molecule is CC(=O)OC/[C](=C/S(=O)(=O)[O-])[Sn]([CH3])([CH3])[CH3].[Na+]. The standard InChI is InChI=1S/C5H7O5S.3CH3.Na.Sn/c1-5(6)10-3-2-4-11(7,8)9;;;;;/h4H,3H2,1H3,(H,7,8,9);3*1H3;;/q;;;;+1;/p-1. The third kappa shape index (κ3) is 10.1. The van der Waals surface area contributed by atoms with Gasteiger partial charge in [0.1, 0.15) is 0 Å². The molecule has 0 aromatic heterocycles. The van der Waals surface area contributed by atoms with E-state index in [4.69, 9.17) is 4.74 Å². The van der Waals surface area contributed by atoms with Crippen molar-refractivity contribution >= 4 is 34.5 Å². The molecule has 5 nitrogen and oxygen atoms in total. The number of hydrogen-bond donors (Lipinski definition) is 0. The van der Waals surface area contributed by atoms with Crippen molar-refractivity contribution in [2.24, 2.45) is 0 Å². The molecule has 8 heteroatoms. The maximum Gasteiger partial charge on any atom is 1.00 e. The Balaban J connectivity index is 0. The molecule has 16 heavy (non-hydrogen) atoms. The van der Waals surface area contributed by atoms with E-state index in [2.05, 4.69) is 0 Å². The van der Waals surface area contributed by atoms with E-state index < -0.39 is 34.5 Å². The molecule has 88 valence electrons. The molecule has 0 unspecified atom stereocenters. The van der Waals surface area contributed by atoms with Crippen LogP contribution in [0.2, 0.25) is 14.8 Å². The second-order valence-corrected chi connectivity index (χ2v) is 20.1. The smallest absolute Gasteiger partial charge is 1.00 e. The van der Waals surface area contributed by atoms with Gasteiger partial charge in [-0.1, -0.05) is 0 Å². The molecule has 0 aliphatic rings. The van der Waals surface area contributed by atoms with E-state index in [0.717, 1.165) is 0 Å².